The molecule has 0 bridgehead atoms. The molecule has 4 N–H and O–H groups in total. The third-order valence-corrected chi connectivity index (χ3v) is 4.97. The first-order chi connectivity index (χ1) is 14.2. The van der Waals surface area contributed by atoms with E-state index in [-0.39, 0.29) is 24.0 Å². The van der Waals surface area contributed by atoms with Crippen LogP contribution in [0.15, 0.2) is 65.9 Å². The van der Waals surface area contributed by atoms with Crippen LogP contribution in [0.4, 0.5) is 0 Å². The van der Waals surface area contributed by atoms with Gasteiger partial charge >= 0.3 is 0 Å². The zero-order valence-electron chi connectivity index (χ0n) is 17.2. The molecule has 0 spiro atoms. The van der Waals surface area contributed by atoms with Gasteiger partial charge in [0, 0.05) is 30.7 Å². The molecule has 0 amide bonds. The summed E-state index contributed by atoms with van der Waals surface area (Å²) in [5.41, 5.74) is 5.90. The normalized spacial score (nSPS) is 11.3. The molecule has 0 aliphatic carbocycles. The van der Waals surface area contributed by atoms with Crippen molar-refractivity contribution in [1.29, 1.82) is 0 Å². The van der Waals surface area contributed by atoms with Crippen molar-refractivity contribution in [2.75, 3.05) is 13.6 Å². The van der Waals surface area contributed by atoms with Gasteiger partial charge in [-0.25, -0.2) is 4.98 Å². The van der Waals surface area contributed by atoms with E-state index in [0.29, 0.717) is 6.54 Å². The van der Waals surface area contributed by atoms with Crippen molar-refractivity contribution in [3.8, 4) is 11.3 Å². The van der Waals surface area contributed by atoms with Gasteiger partial charge in [0.2, 0.25) is 0 Å². The number of nitrogens with zero attached hydrogens (tertiary/aromatic N) is 2. The summed E-state index contributed by atoms with van der Waals surface area (Å²) in [6.45, 7) is 3.49. The number of aryl methyl sites for hydroxylation is 1. The van der Waals surface area contributed by atoms with E-state index in [0.717, 1.165) is 36.0 Å². The molecule has 4 rings (SSSR count). The Labute approximate surface area is 193 Å². The van der Waals surface area contributed by atoms with Gasteiger partial charge in [-0.3, -0.25) is 4.99 Å². The lowest BCUT2D eigenvalue weighted by Gasteiger charge is -2.10. The van der Waals surface area contributed by atoms with Crippen LogP contribution in [0.2, 0.25) is 0 Å². The standard InChI is InChI=1S/C23H26N6.HI/c1-16-8-9-19-18(13-26-20(19)12-16)10-11-25-23(24-2)28-15-22-27-14-21(29-22)17-6-4-3-5-7-17;/h3-9,12-14,26H,10-11,15H2,1-2H3,(H,27,29)(H2,24,25,28);1H. The smallest absolute Gasteiger partial charge is 0.191 e. The van der Waals surface area contributed by atoms with Crippen LogP contribution in [-0.4, -0.2) is 34.5 Å². The van der Waals surface area contributed by atoms with Crippen molar-refractivity contribution in [1.82, 2.24) is 25.6 Å². The molecule has 7 heteroatoms. The highest BCUT2D eigenvalue weighted by Crippen LogP contribution is 2.19. The number of aromatic nitrogens is 3. The van der Waals surface area contributed by atoms with Crippen LogP contribution in [0, 0.1) is 6.92 Å². The van der Waals surface area contributed by atoms with Crippen LogP contribution in [0.5, 0.6) is 0 Å². The Morgan fingerprint density at radius 2 is 1.93 bits per heavy atom. The minimum atomic E-state index is 0. The highest BCUT2D eigenvalue weighted by atomic mass is 127. The Kier molecular flexibility index (Phi) is 7.51. The van der Waals surface area contributed by atoms with Crippen LogP contribution in [0.1, 0.15) is 17.0 Å². The van der Waals surface area contributed by atoms with Crippen molar-refractivity contribution in [3.05, 3.63) is 77.9 Å². The van der Waals surface area contributed by atoms with Gasteiger partial charge in [0.05, 0.1) is 18.4 Å². The monoisotopic (exact) mass is 514 g/mol. The van der Waals surface area contributed by atoms with Gasteiger partial charge in [0.1, 0.15) is 5.82 Å². The number of imidazole rings is 1. The summed E-state index contributed by atoms with van der Waals surface area (Å²) >= 11 is 0. The second-order valence-electron chi connectivity index (χ2n) is 7.08. The van der Waals surface area contributed by atoms with Gasteiger partial charge < -0.3 is 20.6 Å². The number of rotatable bonds is 6. The molecule has 156 valence electrons. The highest BCUT2D eigenvalue weighted by Gasteiger charge is 2.06. The van der Waals surface area contributed by atoms with Crippen molar-refractivity contribution < 1.29 is 0 Å². The van der Waals surface area contributed by atoms with Gasteiger partial charge in [-0.2, -0.15) is 0 Å². The molecule has 0 aliphatic rings. The molecular weight excluding hydrogens is 487 g/mol. The van der Waals surface area contributed by atoms with Crippen molar-refractivity contribution in [3.63, 3.8) is 0 Å². The average Bonchev–Trinajstić information content (AvgIpc) is 3.38. The van der Waals surface area contributed by atoms with E-state index in [9.17, 15) is 0 Å². The molecule has 0 unspecified atom stereocenters. The number of hydrogen-bond donors (Lipinski definition) is 4. The summed E-state index contributed by atoms with van der Waals surface area (Å²) in [7, 11) is 1.78. The molecule has 0 saturated heterocycles. The minimum Gasteiger partial charge on any atom is -0.361 e. The molecule has 4 aromatic rings. The molecule has 2 aromatic carbocycles. The molecular formula is C23H27IN6. The second-order valence-corrected chi connectivity index (χ2v) is 7.08. The van der Waals surface area contributed by atoms with Crippen molar-refractivity contribution >= 4 is 40.8 Å². The number of fused-ring (bicyclic) bond motifs is 1. The largest absolute Gasteiger partial charge is 0.361 e. The fourth-order valence-electron chi connectivity index (χ4n) is 3.43. The molecule has 2 aromatic heterocycles. The maximum absolute atomic E-state index is 4.46. The van der Waals surface area contributed by atoms with Crippen LogP contribution in [0.25, 0.3) is 22.2 Å². The molecule has 30 heavy (non-hydrogen) atoms. The number of hydrogen-bond acceptors (Lipinski definition) is 2. The summed E-state index contributed by atoms with van der Waals surface area (Å²) in [6, 6.07) is 16.7. The number of H-pyrrole nitrogens is 2. The predicted octanol–water partition coefficient (Wildman–Crippen LogP) is 4.39. The fourth-order valence-corrected chi connectivity index (χ4v) is 3.43. The topological polar surface area (TPSA) is 80.9 Å². The molecule has 0 radical (unpaired) electrons. The number of halogens is 1. The second kappa shape index (κ2) is 10.3. The molecule has 0 fully saturated rings. The van der Waals surface area contributed by atoms with E-state index in [1.165, 1.54) is 22.0 Å². The number of aliphatic imine (C=N–C) groups is 1. The van der Waals surface area contributed by atoms with Crippen LogP contribution in [0.3, 0.4) is 0 Å². The van der Waals surface area contributed by atoms with Crippen LogP contribution < -0.4 is 10.6 Å². The average molecular weight is 514 g/mol. The molecule has 0 atom stereocenters. The molecule has 0 saturated carbocycles. The maximum Gasteiger partial charge on any atom is 0.191 e. The van der Waals surface area contributed by atoms with E-state index >= 15 is 0 Å². The summed E-state index contributed by atoms with van der Waals surface area (Å²) in [5, 5.41) is 7.97. The minimum absolute atomic E-state index is 0. The number of benzene rings is 2. The summed E-state index contributed by atoms with van der Waals surface area (Å²) in [5.74, 6) is 1.64. The van der Waals surface area contributed by atoms with Gasteiger partial charge in [0.25, 0.3) is 0 Å². The SMILES string of the molecule is CN=C(NCCc1c[nH]c2cc(C)ccc12)NCc1ncc(-c2ccccc2)[nH]1.I. The lowest BCUT2D eigenvalue weighted by molar-refractivity contribution is 0.775. The van der Waals surface area contributed by atoms with Gasteiger partial charge in [-0.15, -0.1) is 24.0 Å². The number of aromatic amines is 2. The third-order valence-electron chi connectivity index (χ3n) is 4.97. The lowest BCUT2D eigenvalue weighted by atomic mass is 10.1. The zero-order valence-corrected chi connectivity index (χ0v) is 19.5. The molecule has 2 heterocycles. The lowest BCUT2D eigenvalue weighted by Crippen LogP contribution is -2.38. The Morgan fingerprint density at radius 1 is 1.10 bits per heavy atom. The Bertz CT molecular complexity index is 1110. The quantitative estimate of drug-likeness (QED) is 0.175. The summed E-state index contributed by atoms with van der Waals surface area (Å²) in [6.07, 6.45) is 4.87. The van der Waals surface area contributed by atoms with Gasteiger partial charge in [-0.1, -0.05) is 42.5 Å². The fraction of sp³-hybridized carbons (Fsp3) is 0.217. The summed E-state index contributed by atoms with van der Waals surface area (Å²) < 4.78 is 0. The first-order valence-electron chi connectivity index (χ1n) is 9.83. The van der Waals surface area contributed by atoms with Crippen molar-refractivity contribution in [2.24, 2.45) is 4.99 Å². The van der Waals surface area contributed by atoms with E-state index in [1.54, 1.807) is 7.05 Å². The van der Waals surface area contributed by atoms with Gasteiger partial charge in [0.15, 0.2) is 5.96 Å². The van der Waals surface area contributed by atoms with Crippen LogP contribution in [-0.2, 0) is 13.0 Å². The van der Waals surface area contributed by atoms with E-state index in [2.05, 4.69) is 74.0 Å². The Balaban J connectivity index is 0.00000256. The first-order valence-corrected chi connectivity index (χ1v) is 9.83. The summed E-state index contributed by atoms with van der Waals surface area (Å²) in [4.78, 5) is 15.5. The van der Waals surface area contributed by atoms with E-state index < -0.39 is 0 Å². The maximum atomic E-state index is 4.46. The highest BCUT2D eigenvalue weighted by molar-refractivity contribution is 14.0. The number of guanidine groups is 1. The Morgan fingerprint density at radius 3 is 2.73 bits per heavy atom. The Hall–Kier alpha value is -2.81. The van der Waals surface area contributed by atoms with Crippen molar-refractivity contribution in [2.45, 2.75) is 19.9 Å². The third kappa shape index (κ3) is 5.21. The predicted molar refractivity (Wildman–Crippen MR) is 134 cm³/mol. The van der Waals surface area contributed by atoms with Crippen LogP contribution >= 0.6 is 24.0 Å². The molecule has 0 aliphatic heterocycles. The van der Waals surface area contributed by atoms with E-state index in [1.807, 2.05) is 24.4 Å². The number of nitrogens with one attached hydrogen (secondary N) is 4. The molecule has 6 nitrogen and oxygen atoms in total. The first kappa shape index (κ1) is 21.9. The van der Waals surface area contributed by atoms with E-state index in [4.69, 9.17) is 0 Å². The van der Waals surface area contributed by atoms with Gasteiger partial charge in [-0.05, 0) is 36.1 Å². The zero-order chi connectivity index (χ0) is 20.1.